The van der Waals surface area contributed by atoms with Crippen molar-refractivity contribution in [1.82, 2.24) is 0 Å². The number of halogens is 2. The zero-order valence-corrected chi connectivity index (χ0v) is 13.6. The molecule has 0 radical (unpaired) electrons. The lowest BCUT2D eigenvalue weighted by Gasteiger charge is -2.09. The Bertz CT molecular complexity index is 787. The van der Waals surface area contributed by atoms with E-state index in [4.69, 9.17) is 10.5 Å². The second-order valence-corrected chi connectivity index (χ2v) is 6.22. The van der Waals surface area contributed by atoms with Crippen molar-refractivity contribution >= 4 is 48.3 Å². The molecule has 0 unspecified atom stereocenters. The molecule has 0 heterocycles. The fourth-order valence-corrected chi connectivity index (χ4v) is 2.84. The van der Waals surface area contributed by atoms with Crippen molar-refractivity contribution in [2.24, 2.45) is 0 Å². The molecule has 0 aliphatic carbocycles. The molecule has 0 spiro atoms. The van der Waals surface area contributed by atoms with Crippen LogP contribution in [-0.2, 0) is 0 Å². The maximum absolute atomic E-state index is 5.89. The van der Waals surface area contributed by atoms with Crippen LogP contribution in [0.25, 0.3) is 10.8 Å². The molecule has 2 N–H and O–H groups in total. The average Bonchev–Trinajstić information content (AvgIpc) is 2.42. The molecule has 3 aromatic rings. The molecule has 0 aromatic heterocycles. The minimum Gasteiger partial charge on any atom is -0.456 e. The highest BCUT2D eigenvalue weighted by Gasteiger charge is 2.04. The summed E-state index contributed by atoms with van der Waals surface area (Å²) in [6.45, 7) is 0. The van der Waals surface area contributed by atoms with Gasteiger partial charge in [-0.15, -0.1) is 0 Å². The van der Waals surface area contributed by atoms with Gasteiger partial charge in [-0.05, 0) is 69.2 Å². The second-order valence-electron chi connectivity index (χ2n) is 4.45. The number of nitrogens with two attached hydrogens (primary N) is 1. The maximum atomic E-state index is 5.89. The third-order valence-electron chi connectivity index (χ3n) is 2.96. The smallest absolute Gasteiger partial charge is 0.141 e. The molecular weight excluding hydrogens is 382 g/mol. The van der Waals surface area contributed by atoms with E-state index in [0.717, 1.165) is 25.8 Å². The molecule has 0 atom stereocenters. The summed E-state index contributed by atoms with van der Waals surface area (Å²) in [5.74, 6) is 1.54. The minimum absolute atomic E-state index is 0.701. The lowest BCUT2D eigenvalue weighted by Crippen LogP contribution is -1.88. The molecular formula is C16H11Br2NO. The van der Waals surface area contributed by atoms with Gasteiger partial charge >= 0.3 is 0 Å². The number of anilines is 1. The van der Waals surface area contributed by atoms with Gasteiger partial charge in [0.1, 0.15) is 11.5 Å². The van der Waals surface area contributed by atoms with Crippen LogP contribution in [0.2, 0.25) is 0 Å². The zero-order chi connectivity index (χ0) is 14.1. The van der Waals surface area contributed by atoms with Gasteiger partial charge in [-0.1, -0.05) is 28.1 Å². The average molecular weight is 393 g/mol. The first-order valence-electron chi connectivity index (χ1n) is 6.04. The number of hydrogen-bond donors (Lipinski definition) is 1. The van der Waals surface area contributed by atoms with Crippen LogP contribution in [0, 0.1) is 0 Å². The number of nitrogen functional groups attached to an aromatic ring is 1. The van der Waals surface area contributed by atoms with Crippen LogP contribution in [0.5, 0.6) is 11.5 Å². The van der Waals surface area contributed by atoms with Crippen LogP contribution in [0.3, 0.4) is 0 Å². The van der Waals surface area contributed by atoms with E-state index in [9.17, 15) is 0 Å². The van der Waals surface area contributed by atoms with Crippen molar-refractivity contribution in [2.75, 3.05) is 5.73 Å². The Morgan fingerprint density at radius 2 is 1.55 bits per heavy atom. The van der Waals surface area contributed by atoms with Crippen molar-refractivity contribution in [3.63, 3.8) is 0 Å². The highest BCUT2D eigenvalue weighted by molar-refractivity contribution is 9.10. The molecule has 0 fully saturated rings. The molecule has 0 aliphatic heterocycles. The summed E-state index contributed by atoms with van der Waals surface area (Å²) in [7, 11) is 0. The summed E-state index contributed by atoms with van der Waals surface area (Å²) in [5.41, 5.74) is 6.42. The first-order chi connectivity index (χ1) is 9.61. The number of benzene rings is 3. The summed E-state index contributed by atoms with van der Waals surface area (Å²) in [5, 5.41) is 2.31. The third kappa shape index (κ3) is 2.81. The van der Waals surface area contributed by atoms with Crippen molar-refractivity contribution < 1.29 is 4.74 Å². The van der Waals surface area contributed by atoms with Gasteiger partial charge in [-0.2, -0.15) is 0 Å². The summed E-state index contributed by atoms with van der Waals surface area (Å²) in [6, 6.07) is 17.7. The highest BCUT2D eigenvalue weighted by atomic mass is 79.9. The number of rotatable bonds is 2. The van der Waals surface area contributed by atoms with Crippen LogP contribution in [0.15, 0.2) is 63.5 Å². The Morgan fingerprint density at radius 1 is 0.800 bits per heavy atom. The largest absolute Gasteiger partial charge is 0.456 e. The van der Waals surface area contributed by atoms with Gasteiger partial charge in [0, 0.05) is 10.2 Å². The fraction of sp³-hybridized carbons (Fsp3) is 0. The molecule has 2 nitrogen and oxygen atoms in total. The summed E-state index contributed by atoms with van der Waals surface area (Å²) in [4.78, 5) is 0. The van der Waals surface area contributed by atoms with Crippen LogP contribution >= 0.6 is 31.9 Å². The van der Waals surface area contributed by atoms with Crippen LogP contribution in [0.1, 0.15) is 0 Å². The SMILES string of the molecule is Nc1ccc(Oc2ccc3cc(Br)ccc3c2)c(Br)c1. The molecule has 3 rings (SSSR count). The maximum Gasteiger partial charge on any atom is 0.141 e. The van der Waals surface area contributed by atoms with Gasteiger partial charge in [0.15, 0.2) is 0 Å². The molecule has 4 heteroatoms. The highest BCUT2D eigenvalue weighted by Crippen LogP contribution is 2.32. The summed E-state index contributed by atoms with van der Waals surface area (Å²) in [6.07, 6.45) is 0. The lowest BCUT2D eigenvalue weighted by atomic mass is 10.1. The monoisotopic (exact) mass is 391 g/mol. The third-order valence-corrected chi connectivity index (χ3v) is 4.07. The predicted molar refractivity (Wildman–Crippen MR) is 90.3 cm³/mol. The van der Waals surface area contributed by atoms with E-state index in [0.29, 0.717) is 5.69 Å². The fourth-order valence-electron chi connectivity index (χ4n) is 1.98. The lowest BCUT2D eigenvalue weighted by molar-refractivity contribution is 0.480. The Hall–Kier alpha value is -1.52. The Balaban J connectivity index is 1.96. The molecule has 0 saturated heterocycles. The number of ether oxygens (including phenoxy) is 1. The summed E-state index contributed by atoms with van der Waals surface area (Å²) < 4.78 is 7.80. The molecule has 0 amide bonds. The van der Waals surface area contributed by atoms with E-state index in [1.807, 2.05) is 42.5 Å². The molecule has 3 aromatic carbocycles. The van der Waals surface area contributed by atoms with E-state index < -0.39 is 0 Å². The van der Waals surface area contributed by atoms with Crippen LogP contribution in [0.4, 0.5) is 5.69 Å². The molecule has 20 heavy (non-hydrogen) atoms. The number of hydrogen-bond acceptors (Lipinski definition) is 2. The van der Waals surface area contributed by atoms with Gasteiger partial charge in [0.05, 0.1) is 4.47 Å². The van der Waals surface area contributed by atoms with Crippen molar-refractivity contribution in [3.8, 4) is 11.5 Å². The van der Waals surface area contributed by atoms with Crippen LogP contribution in [-0.4, -0.2) is 0 Å². The van der Waals surface area contributed by atoms with E-state index in [-0.39, 0.29) is 0 Å². The molecule has 100 valence electrons. The summed E-state index contributed by atoms with van der Waals surface area (Å²) >= 11 is 6.92. The van der Waals surface area contributed by atoms with E-state index in [1.165, 1.54) is 5.39 Å². The van der Waals surface area contributed by atoms with Crippen molar-refractivity contribution in [2.45, 2.75) is 0 Å². The van der Waals surface area contributed by atoms with E-state index in [2.05, 4.69) is 44.0 Å². The topological polar surface area (TPSA) is 35.2 Å². The zero-order valence-electron chi connectivity index (χ0n) is 10.4. The molecule has 0 aliphatic rings. The van der Waals surface area contributed by atoms with Gasteiger partial charge < -0.3 is 10.5 Å². The number of fused-ring (bicyclic) bond motifs is 1. The Kier molecular flexibility index (Phi) is 3.68. The normalized spacial score (nSPS) is 10.7. The standard InChI is InChI=1S/C16H11Br2NO/c17-12-3-1-11-8-14(5-2-10(11)7-12)20-16-6-4-13(19)9-15(16)18/h1-9H,19H2. The van der Waals surface area contributed by atoms with E-state index >= 15 is 0 Å². The van der Waals surface area contributed by atoms with E-state index in [1.54, 1.807) is 0 Å². The quantitative estimate of drug-likeness (QED) is 0.564. The molecule has 0 bridgehead atoms. The minimum atomic E-state index is 0.701. The van der Waals surface area contributed by atoms with Gasteiger partial charge in [0.25, 0.3) is 0 Å². The van der Waals surface area contributed by atoms with Crippen molar-refractivity contribution in [3.05, 3.63) is 63.5 Å². The van der Waals surface area contributed by atoms with Gasteiger partial charge in [0.2, 0.25) is 0 Å². The first-order valence-corrected chi connectivity index (χ1v) is 7.62. The Morgan fingerprint density at radius 3 is 2.35 bits per heavy atom. The first kappa shape index (κ1) is 13.5. The van der Waals surface area contributed by atoms with Gasteiger partial charge in [-0.3, -0.25) is 0 Å². The van der Waals surface area contributed by atoms with Crippen molar-refractivity contribution in [1.29, 1.82) is 0 Å². The predicted octanol–water partition coefficient (Wildman–Crippen LogP) is 5.74. The Labute approximate surface area is 133 Å². The molecule has 0 saturated carbocycles. The second kappa shape index (κ2) is 5.46. The van der Waals surface area contributed by atoms with Gasteiger partial charge in [-0.25, -0.2) is 0 Å². The van der Waals surface area contributed by atoms with Crippen LogP contribution < -0.4 is 10.5 Å².